The monoisotopic (exact) mass is 348 g/mol. The molecule has 24 heavy (non-hydrogen) atoms. The van der Waals surface area contributed by atoms with Crippen LogP contribution in [0.5, 0.6) is 0 Å². The molecule has 0 aliphatic rings. The van der Waals surface area contributed by atoms with Crippen molar-refractivity contribution in [3.63, 3.8) is 0 Å². The molecule has 0 bridgehead atoms. The average molecular weight is 348 g/mol. The molecule has 0 fully saturated rings. The van der Waals surface area contributed by atoms with E-state index in [0.29, 0.717) is 11.1 Å². The number of aliphatic hydroxyl groups is 1. The number of carboxylic acid groups (broad SMARTS) is 1. The predicted octanol–water partition coefficient (Wildman–Crippen LogP) is 2.52. The Morgan fingerprint density at radius 1 is 0.917 bits per heavy atom. The van der Waals surface area contributed by atoms with Gasteiger partial charge in [0.25, 0.3) is 0 Å². The molecule has 0 aliphatic carbocycles. The first-order valence-corrected chi connectivity index (χ1v) is 7.02. The summed E-state index contributed by atoms with van der Waals surface area (Å²) in [5.41, 5.74) is 2.82. The molecular formula is C19H17KO4. The zero-order valence-corrected chi connectivity index (χ0v) is 12.3. The van der Waals surface area contributed by atoms with E-state index >= 15 is 0 Å². The van der Waals surface area contributed by atoms with Gasteiger partial charge < -0.3 is 10.2 Å². The van der Waals surface area contributed by atoms with Crippen LogP contribution in [0.4, 0.5) is 0 Å². The minimum absolute atomic E-state index is 0. The molecule has 0 saturated heterocycles. The van der Waals surface area contributed by atoms with E-state index in [1.807, 2.05) is 0 Å². The number of carbonyl (C=O) groups excluding carboxylic acids is 1. The van der Waals surface area contributed by atoms with Gasteiger partial charge in [-0.3, -0.25) is 4.79 Å². The second-order valence-corrected chi connectivity index (χ2v) is 4.89. The zero-order chi connectivity index (χ0) is 16.7. The van der Waals surface area contributed by atoms with Gasteiger partial charge in [-0.25, -0.2) is 4.79 Å². The molecule has 5 heteroatoms. The summed E-state index contributed by atoms with van der Waals surface area (Å²) >= 11 is 0. The molecule has 0 aromatic heterocycles. The van der Waals surface area contributed by atoms with Crippen molar-refractivity contribution in [2.75, 3.05) is 0 Å². The van der Waals surface area contributed by atoms with E-state index in [1.54, 1.807) is 54.6 Å². The normalized spacial score (nSPS) is 10.7. The van der Waals surface area contributed by atoms with Crippen molar-refractivity contribution in [1.82, 2.24) is 0 Å². The number of aliphatic carboxylic acids is 1. The summed E-state index contributed by atoms with van der Waals surface area (Å²) in [4.78, 5) is 22.5. The maximum absolute atomic E-state index is 12.1. The summed E-state index contributed by atoms with van der Waals surface area (Å²) in [6.07, 6.45) is 5.74. The van der Waals surface area contributed by atoms with Crippen molar-refractivity contribution in [3.05, 3.63) is 82.9 Å². The van der Waals surface area contributed by atoms with Crippen molar-refractivity contribution >= 4 is 75.3 Å². The summed E-state index contributed by atoms with van der Waals surface area (Å²) in [5, 5.41) is 17.7. The van der Waals surface area contributed by atoms with Crippen molar-refractivity contribution < 1.29 is 19.8 Å². The number of hydrogen-bond acceptors (Lipinski definition) is 3. The predicted molar refractivity (Wildman–Crippen MR) is 96.0 cm³/mol. The fraction of sp³-hybridized carbons (Fsp3) is 0.0526. The van der Waals surface area contributed by atoms with E-state index in [-0.39, 0.29) is 63.8 Å². The van der Waals surface area contributed by atoms with Gasteiger partial charge in [0.15, 0.2) is 5.78 Å². The standard InChI is InChI=1S/C19H16O4.K.H/c20-13-16-2-1-3-17(12-16)18(21)10-8-14-4-6-15(7-5-14)9-11-19(22)23;;/h1-12,20H,13H2,(H,22,23);;. The van der Waals surface area contributed by atoms with Crippen molar-refractivity contribution in [1.29, 1.82) is 0 Å². The molecule has 0 heterocycles. The van der Waals surface area contributed by atoms with Crippen LogP contribution in [0.3, 0.4) is 0 Å². The third-order valence-electron chi connectivity index (χ3n) is 3.18. The molecule has 2 aromatic rings. The molecular weight excluding hydrogens is 331 g/mol. The Balaban J connectivity index is 0.00000288. The van der Waals surface area contributed by atoms with E-state index in [0.717, 1.165) is 17.2 Å². The molecule has 0 atom stereocenters. The summed E-state index contributed by atoms with van der Waals surface area (Å²) in [5.74, 6) is -1.14. The van der Waals surface area contributed by atoms with Crippen LogP contribution in [-0.2, 0) is 11.4 Å². The van der Waals surface area contributed by atoms with E-state index in [4.69, 9.17) is 10.2 Å². The minimum atomic E-state index is -0.996. The van der Waals surface area contributed by atoms with Gasteiger partial charge in [0.2, 0.25) is 0 Å². The molecule has 2 N–H and O–H groups in total. The topological polar surface area (TPSA) is 74.6 Å². The van der Waals surface area contributed by atoms with Gasteiger partial charge in [-0.15, -0.1) is 0 Å². The van der Waals surface area contributed by atoms with Gasteiger partial charge in [0, 0.05) is 11.6 Å². The number of aliphatic hydroxyl groups excluding tert-OH is 1. The molecule has 2 rings (SSSR count). The first-order chi connectivity index (χ1) is 11.1. The first-order valence-electron chi connectivity index (χ1n) is 7.02. The first kappa shape index (κ1) is 20.7. The molecule has 0 radical (unpaired) electrons. The number of rotatable bonds is 6. The van der Waals surface area contributed by atoms with Gasteiger partial charge in [-0.05, 0) is 34.9 Å². The Kier molecular flexibility index (Phi) is 9.06. The van der Waals surface area contributed by atoms with Crippen LogP contribution in [0.15, 0.2) is 60.7 Å². The van der Waals surface area contributed by atoms with Crippen LogP contribution in [0, 0.1) is 0 Å². The zero-order valence-electron chi connectivity index (χ0n) is 12.3. The van der Waals surface area contributed by atoms with Gasteiger partial charge in [0.1, 0.15) is 0 Å². The van der Waals surface area contributed by atoms with E-state index < -0.39 is 5.97 Å². The number of allylic oxidation sites excluding steroid dienone is 1. The molecule has 0 unspecified atom stereocenters. The Labute approximate surface area is 182 Å². The summed E-state index contributed by atoms with van der Waals surface area (Å²) in [7, 11) is 0. The fourth-order valence-corrected chi connectivity index (χ4v) is 1.98. The number of hydrogen-bond donors (Lipinski definition) is 2. The number of carbonyl (C=O) groups is 2. The van der Waals surface area contributed by atoms with Gasteiger partial charge >= 0.3 is 57.4 Å². The Morgan fingerprint density at radius 2 is 1.50 bits per heavy atom. The van der Waals surface area contributed by atoms with E-state index in [1.165, 1.54) is 12.2 Å². The SMILES string of the molecule is O=C(O)C=Cc1ccc(C=CC(=O)c2cccc(CO)c2)cc1.[KH]. The second-order valence-electron chi connectivity index (χ2n) is 4.89. The molecule has 118 valence electrons. The Morgan fingerprint density at radius 3 is 2.04 bits per heavy atom. The van der Waals surface area contributed by atoms with Gasteiger partial charge in [-0.1, -0.05) is 48.5 Å². The van der Waals surface area contributed by atoms with Crippen molar-refractivity contribution in [3.8, 4) is 0 Å². The fourth-order valence-electron chi connectivity index (χ4n) is 1.98. The molecule has 2 aromatic carbocycles. The number of ketones is 1. The van der Waals surface area contributed by atoms with Crippen LogP contribution in [0.25, 0.3) is 12.2 Å². The summed E-state index contributed by atoms with van der Waals surface area (Å²) < 4.78 is 0. The van der Waals surface area contributed by atoms with Gasteiger partial charge in [0.05, 0.1) is 6.61 Å². The Hall–Kier alpha value is -1.34. The van der Waals surface area contributed by atoms with Crippen LogP contribution < -0.4 is 0 Å². The Bertz CT molecular complexity index is 761. The van der Waals surface area contributed by atoms with Crippen molar-refractivity contribution in [2.45, 2.75) is 6.61 Å². The third kappa shape index (κ3) is 6.64. The van der Waals surface area contributed by atoms with Crippen LogP contribution in [-0.4, -0.2) is 73.4 Å². The molecule has 0 saturated carbocycles. The van der Waals surface area contributed by atoms with Gasteiger partial charge in [-0.2, -0.15) is 0 Å². The summed E-state index contributed by atoms with van der Waals surface area (Å²) in [6.45, 7) is -0.101. The van der Waals surface area contributed by atoms with Crippen molar-refractivity contribution in [2.24, 2.45) is 0 Å². The van der Waals surface area contributed by atoms with Crippen LogP contribution in [0.2, 0.25) is 0 Å². The number of benzene rings is 2. The van der Waals surface area contributed by atoms with E-state index in [2.05, 4.69) is 0 Å². The molecule has 4 nitrogen and oxygen atoms in total. The average Bonchev–Trinajstić information content (AvgIpc) is 2.58. The summed E-state index contributed by atoms with van der Waals surface area (Å²) in [6, 6.07) is 14.0. The molecule has 0 amide bonds. The molecule has 0 aliphatic heterocycles. The number of carboxylic acids is 1. The van der Waals surface area contributed by atoms with Crippen LogP contribution >= 0.6 is 0 Å². The third-order valence-corrected chi connectivity index (χ3v) is 3.18. The second kappa shape index (κ2) is 10.5. The van der Waals surface area contributed by atoms with E-state index in [9.17, 15) is 9.59 Å². The maximum atomic E-state index is 12.1. The quantitative estimate of drug-likeness (QED) is 0.478. The molecule has 0 spiro atoms. The van der Waals surface area contributed by atoms with Crippen LogP contribution in [0.1, 0.15) is 27.0 Å².